The number of amides is 2. The predicted octanol–water partition coefficient (Wildman–Crippen LogP) is 3.05. The molecule has 0 aliphatic carbocycles. The van der Waals surface area contributed by atoms with E-state index in [4.69, 9.17) is 0 Å². The van der Waals surface area contributed by atoms with Crippen molar-refractivity contribution in [2.24, 2.45) is 0 Å². The van der Waals surface area contributed by atoms with Crippen molar-refractivity contribution >= 4 is 23.1 Å². The van der Waals surface area contributed by atoms with Crippen LogP contribution in [0.25, 0.3) is 0 Å². The van der Waals surface area contributed by atoms with Crippen molar-refractivity contribution in [3.63, 3.8) is 0 Å². The normalized spacial score (nSPS) is 14.7. The standard InChI is InChI=1S/C18H23N3O2S/c1-2-14-7-8-15(24-14)13-19-18(23)21-11-9-20(10-12-21)16-5-3-4-6-17(16)22/h3-8,22H,2,9-13H2,1H3,(H,19,23). The van der Waals surface area contributed by atoms with Gasteiger partial charge < -0.3 is 20.2 Å². The first-order valence-electron chi connectivity index (χ1n) is 8.30. The van der Waals surface area contributed by atoms with Crippen molar-refractivity contribution in [1.29, 1.82) is 0 Å². The first-order chi connectivity index (χ1) is 11.7. The number of thiophene rings is 1. The molecule has 2 N–H and O–H groups in total. The zero-order valence-electron chi connectivity index (χ0n) is 13.9. The Morgan fingerprint density at radius 1 is 1.12 bits per heavy atom. The Morgan fingerprint density at radius 2 is 1.83 bits per heavy atom. The van der Waals surface area contributed by atoms with Crippen molar-refractivity contribution in [2.75, 3.05) is 31.1 Å². The molecule has 0 saturated carbocycles. The molecule has 0 unspecified atom stereocenters. The van der Waals surface area contributed by atoms with Crippen LogP contribution < -0.4 is 10.2 Å². The average Bonchev–Trinajstić information content (AvgIpc) is 3.08. The summed E-state index contributed by atoms with van der Waals surface area (Å²) >= 11 is 1.75. The van der Waals surface area contributed by atoms with E-state index in [1.165, 1.54) is 9.75 Å². The van der Waals surface area contributed by atoms with Crippen LogP contribution in [0.3, 0.4) is 0 Å². The third kappa shape index (κ3) is 3.82. The van der Waals surface area contributed by atoms with Gasteiger partial charge in [-0.3, -0.25) is 0 Å². The summed E-state index contributed by atoms with van der Waals surface area (Å²) in [4.78, 5) is 18.8. The minimum absolute atomic E-state index is 0.0154. The number of para-hydroxylation sites is 2. The van der Waals surface area contributed by atoms with Gasteiger partial charge in [-0.1, -0.05) is 19.1 Å². The van der Waals surface area contributed by atoms with E-state index in [0.717, 1.165) is 25.2 Å². The van der Waals surface area contributed by atoms with Crippen LogP contribution in [0, 0.1) is 0 Å². The molecule has 1 aliphatic rings. The van der Waals surface area contributed by atoms with Gasteiger partial charge in [0, 0.05) is 35.9 Å². The van der Waals surface area contributed by atoms with Gasteiger partial charge in [0.05, 0.1) is 12.2 Å². The van der Waals surface area contributed by atoms with Crippen LogP contribution in [-0.4, -0.2) is 42.2 Å². The van der Waals surface area contributed by atoms with E-state index in [-0.39, 0.29) is 6.03 Å². The van der Waals surface area contributed by atoms with Crippen LogP contribution in [-0.2, 0) is 13.0 Å². The topological polar surface area (TPSA) is 55.8 Å². The maximum Gasteiger partial charge on any atom is 0.317 e. The molecule has 1 saturated heterocycles. The number of phenols is 1. The van der Waals surface area contributed by atoms with E-state index >= 15 is 0 Å². The third-order valence-corrected chi connectivity index (χ3v) is 5.50. The molecule has 3 rings (SSSR count). The summed E-state index contributed by atoms with van der Waals surface area (Å²) in [6, 6.07) is 11.5. The van der Waals surface area contributed by atoms with Crippen LogP contribution in [0.15, 0.2) is 36.4 Å². The van der Waals surface area contributed by atoms with Crippen LogP contribution in [0.5, 0.6) is 5.75 Å². The second-order valence-corrected chi connectivity index (χ2v) is 7.10. The molecule has 6 heteroatoms. The van der Waals surface area contributed by atoms with E-state index in [1.54, 1.807) is 17.4 Å². The van der Waals surface area contributed by atoms with Gasteiger partial charge in [0.25, 0.3) is 0 Å². The summed E-state index contributed by atoms with van der Waals surface area (Å²) in [5.74, 6) is 0.292. The molecule has 1 aliphatic heterocycles. The highest BCUT2D eigenvalue weighted by Gasteiger charge is 2.22. The number of urea groups is 1. The zero-order chi connectivity index (χ0) is 16.9. The molecule has 2 amide bonds. The fourth-order valence-electron chi connectivity index (χ4n) is 2.86. The monoisotopic (exact) mass is 345 g/mol. The SMILES string of the molecule is CCc1ccc(CNC(=O)N2CCN(c3ccccc3O)CC2)s1. The Balaban J connectivity index is 1.49. The maximum absolute atomic E-state index is 12.3. The number of phenolic OH excluding ortho intramolecular Hbond substituents is 1. The molecule has 1 aromatic heterocycles. The second kappa shape index (κ2) is 7.57. The molecular formula is C18H23N3O2S. The highest BCUT2D eigenvalue weighted by atomic mass is 32.1. The lowest BCUT2D eigenvalue weighted by Gasteiger charge is -2.36. The number of nitrogens with zero attached hydrogens (tertiary/aromatic N) is 2. The van der Waals surface area contributed by atoms with Gasteiger partial charge in [-0.2, -0.15) is 0 Å². The summed E-state index contributed by atoms with van der Waals surface area (Å²) in [5.41, 5.74) is 0.836. The maximum atomic E-state index is 12.3. The van der Waals surface area contributed by atoms with Crippen molar-refractivity contribution in [2.45, 2.75) is 19.9 Å². The Labute approximate surface area is 146 Å². The summed E-state index contributed by atoms with van der Waals surface area (Å²) in [5, 5.41) is 12.9. The number of rotatable bonds is 4. The zero-order valence-corrected chi connectivity index (χ0v) is 14.7. The number of aromatic hydroxyl groups is 1. The van der Waals surface area contributed by atoms with E-state index in [9.17, 15) is 9.90 Å². The van der Waals surface area contributed by atoms with Crippen molar-refractivity contribution in [3.05, 3.63) is 46.2 Å². The Morgan fingerprint density at radius 3 is 2.50 bits per heavy atom. The fraction of sp³-hybridized carbons (Fsp3) is 0.389. The molecule has 0 spiro atoms. The van der Waals surface area contributed by atoms with Crippen molar-refractivity contribution in [1.82, 2.24) is 10.2 Å². The lowest BCUT2D eigenvalue weighted by atomic mass is 10.2. The predicted molar refractivity (Wildman–Crippen MR) is 97.8 cm³/mol. The number of piperazine rings is 1. The molecule has 1 fully saturated rings. The van der Waals surface area contributed by atoms with Gasteiger partial charge in [0.2, 0.25) is 0 Å². The third-order valence-electron chi connectivity index (χ3n) is 4.27. The van der Waals surface area contributed by atoms with Gasteiger partial charge in [-0.05, 0) is 30.7 Å². The van der Waals surface area contributed by atoms with Crippen LogP contribution in [0.1, 0.15) is 16.7 Å². The molecule has 2 heterocycles. The minimum atomic E-state index is -0.0154. The number of aryl methyl sites for hydroxylation is 1. The largest absolute Gasteiger partial charge is 0.506 e. The molecule has 0 atom stereocenters. The number of hydrogen-bond acceptors (Lipinski definition) is 4. The second-order valence-electron chi connectivity index (χ2n) is 5.84. The highest BCUT2D eigenvalue weighted by Crippen LogP contribution is 2.27. The van der Waals surface area contributed by atoms with Gasteiger partial charge >= 0.3 is 6.03 Å². The number of carbonyl (C=O) groups is 1. The number of hydrogen-bond donors (Lipinski definition) is 2. The molecule has 1 aromatic carbocycles. The Kier molecular flexibility index (Phi) is 5.25. The van der Waals surface area contributed by atoms with E-state index in [1.807, 2.05) is 23.1 Å². The first kappa shape index (κ1) is 16.6. The van der Waals surface area contributed by atoms with Gasteiger partial charge in [-0.25, -0.2) is 4.79 Å². The van der Waals surface area contributed by atoms with Gasteiger partial charge in [0.1, 0.15) is 5.75 Å². The number of anilines is 1. The van der Waals surface area contributed by atoms with E-state index < -0.39 is 0 Å². The molecule has 0 radical (unpaired) electrons. The molecule has 2 aromatic rings. The molecule has 24 heavy (non-hydrogen) atoms. The first-order valence-corrected chi connectivity index (χ1v) is 9.12. The van der Waals surface area contributed by atoms with E-state index in [2.05, 4.69) is 29.3 Å². The lowest BCUT2D eigenvalue weighted by molar-refractivity contribution is 0.194. The van der Waals surface area contributed by atoms with Crippen molar-refractivity contribution < 1.29 is 9.90 Å². The highest BCUT2D eigenvalue weighted by molar-refractivity contribution is 7.11. The summed E-state index contributed by atoms with van der Waals surface area (Å²) in [6.07, 6.45) is 1.03. The number of nitrogens with one attached hydrogen (secondary N) is 1. The summed E-state index contributed by atoms with van der Waals surface area (Å²) in [7, 11) is 0. The summed E-state index contributed by atoms with van der Waals surface area (Å²) < 4.78 is 0. The number of benzene rings is 1. The van der Waals surface area contributed by atoms with Gasteiger partial charge in [-0.15, -0.1) is 11.3 Å². The molecule has 0 bridgehead atoms. The van der Waals surface area contributed by atoms with Crippen LogP contribution in [0.2, 0.25) is 0 Å². The number of carbonyl (C=O) groups excluding carboxylic acids is 1. The van der Waals surface area contributed by atoms with Crippen LogP contribution >= 0.6 is 11.3 Å². The molecular weight excluding hydrogens is 322 g/mol. The average molecular weight is 345 g/mol. The Bertz CT molecular complexity index is 693. The van der Waals surface area contributed by atoms with Crippen molar-refractivity contribution in [3.8, 4) is 5.75 Å². The van der Waals surface area contributed by atoms with Crippen LogP contribution in [0.4, 0.5) is 10.5 Å². The van der Waals surface area contributed by atoms with Gasteiger partial charge in [0.15, 0.2) is 0 Å². The Hall–Kier alpha value is -2.21. The lowest BCUT2D eigenvalue weighted by Crippen LogP contribution is -2.51. The van der Waals surface area contributed by atoms with E-state index in [0.29, 0.717) is 25.4 Å². The summed E-state index contributed by atoms with van der Waals surface area (Å²) in [6.45, 7) is 5.49. The fourth-order valence-corrected chi connectivity index (χ4v) is 3.76. The molecule has 128 valence electrons. The smallest absolute Gasteiger partial charge is 0.317 e. The molecule has 5 nitrogen and oxygen atoms in total. The minimum Gasteiger partial charge on any atom is -0.506 e. The quantitative estimate of drug-likeness (QED) is 0.895.